The SMILES string of the molecule is CCNC(=O)NC(=O)COC(=O)CC12C[C@@H]3C[C@H](CC(O)(C3)C1)C2. The van der Waals surface area contributed by atoms with Gasteiger partial charge in [0, 0.05) is 6.54 Å². The molecule has 7 nitrogen and oxygen atoms in total. The topological polar surface area (TPSA) is 105 Å². The normalized spacial score (nSPS) is 36.2. The van der Waals surface area contributed by atoms with Crippen LogP contribution >= 0.6 is 0 Å². The molecule has 0 unspecified atom stereocenters. The fourth-order valence-electron chi connectivity index (χ4n) is 5.48. The molecule has 2 atom stereocenters. The first-order valence-electron chi connectivity index (χ1n) is 8.77. The van der Waals surface area contributed by atoms with E-state index in [2.05, 4.69) is 10.6 Å². The maximum Gasteiger partial charge on any atom is 0.321 e. The van der Waals surface area contributed by atoms with Crippen LogP contribution in [0.5, 0.6) is 0 Å². The lowest BCUT2D eigenvalue weighted by Gasteiger charge is -2.60. The lowest BCUT2D eigenvalue weighted by Crippen LogP contribution is -2.56. The number of amides is 3. The van der Waals surface area contributed by atoms with E-state index in [0.29, 0.717) is 24.8 Å². The summed E-state index contributed by atoms with van der Waals surface area (Å²) >= 11 is 0. The van der Waals surface area contributed by atoms with E-state index in [1.54, 1.807) is 6.92 Å². The zero-order valence-corrected chi connectivity index (χ0v) is 14.1. The van der Waals surface area contributed by atoms with Gasteiger partial charge in [0.2, 0.25) is 0 Å². The van der Waals surface area contributed by atoms with Gasteiger partial charge in [0.1, 0.15) is 0 Å². The van der Waals surface area contributed by atoms with Crippen LogP contribution in [0.1, 0.15) is 51.9 Å². The van der Waals surface area contributed by atoms with Crippen LogP contribution < -0.4 is 10.6 Å². The maximum atomic E-state index is 12.2. The van der Waals surface area contributed by atoms with E-state index in [0.717, 1.165) is 32.1 Å². The summed E-state index contributed by atoms with van der Waals surface area (Å²) in [6.45, 7) is 1.69. The van der Waals surface area contributed by atoms with Gasteiger partial charge in [-0.15, -0.1) is 0 Å². The first kappa shape index (κ1) is 17.2. The quantitative estimate of drug-likeness (QED) is 0.651. The molecule has 3 N–H and O–H groups in total. The molecule has 4 saturated carbocycles. The number of esters is 1. The monoisotopic (exact) mass is 338 g/mol. The van der Waals surface area contributed by atoms with E-state index in [-0.39, 0.29) is 11.8 Å². The highest BCUT2D eigenvalue weighted by Gasteiger charge is 2.57. The summed E-state index contributed by atoms with van der Waals surface area (Å²) in [5, 5.41) is 15.2. The van der Waals surface area contributed by atoms with E-state index >= 15 is 0 Å². The summed E-state index contributed by atoms with van der Waals surface area (Å²) in [5.41, 5.74) is -0.786. The number of carbonyl (C=O) groups is 3. The van der Waals surface area contributed by atoms with Crippen LogP contribution in [0.4, 0.5) is 4.79 Å². The number of hydrogen-bond acceptors (Lipinski definition) is 5. The highest BCUT2D eigenvalue weighted by molar-refractivity contribution is 5.95. The van der Waals surface area contributed by atoms with E-state index in [9.17, 15) is 19.5 Å². The summed E-state index contributed by atoms with van der Waals surface area (Å²) in [6.07, 6.45) is 5.71. The van der Waals surface area contributed by atoms with Crippen LogP contribution in [0.2, 0.25) is 0 Å². The lowest BCUT2D eigenvalue weighted by molar-refractivity contribution is -0.177. The largest absolute Gasteiger partial charge is 0.456 e. The number of rotatable bonds is 5. The number of nitrogens with one attached hydrogen (secondary N) is 2. The predicted octanol–water partition coefficient (Wildman–Crippen LogP) is 1.10. The molecule has 0 radical (unpaired) electrons. The molecule has 134 valence electrons. The molecular formula is C17H26N2O5. The van der Waals surface area contributed by atoms with Crippen molar-refractivity contribution < 1.29 is 24.2 Å². The summed E-state index contributed by atoms with van der Waals surface area (Å²) in [5.74, 6) is -0.0554. The van der Waals surface area contributed by atoms with Crippen molar-refractivity contribution in [2.24, 2.45) is 17.3 Å². The second-order valence-electron chi connectivity index (χ2n) is 7.93. The molecule has 0 aromatic rings. The molecule has 0 saturated heterocycles. The van der Waals surface area contributed by atoms with Crippen LogP contribution in [-0.2, 0) is 14.3 Å². The molecule has 4 fully saturated rings. The Bertz CT molecular complexity index is 533. The van der Waals surface area contributed by atoms with Gasteiger partial charge in [-0.25, -0.2) is 4.79 Å². The molecule has 4 rings (SSSR count). The van der Waals surface area contributed by atoms with Crippen LogP contribution in [0.15, 0.2) is 0 Å². The van der Waals surface area contributed by atoms with Crippen molar-refractivity contribution in [1.29, 1.82) is 0 Å². The molecular weight excluding hydrogens is 312 g/mol. The number of ether oxygens (including phenoxy) is 1. The summed E-state index contributed by atoms with van der Waals surface area (Å²) in [6, 6.07) is -0.596. The number of aliphatic hydroxyl groups is 1. The fraction of sp³-hybridized carbons (Fsp3) is 0.824. The van der Waals surface area contributed by atoms with Crippen LogP contribution in [0.3, 0.4) is 0 Å². The molecule has 7 heteroatoms. The van der Waals surface area contributed by atoms with Gasteiger partial charge in [0.25, 0.3) is 5.91 Å². The summed E-state index contributed by atoms with van der Waals surface area (Å²) in [4.78, 5) is 34.9. The molecule has 0 aliphatic heterocycles. The molecule has 0 aromatic carbocycles. The van der Waals surface area contributed by atoms with E-state index in [4.69, 9.17) is 4.74 Å². The lowest BCUT2D eigenvalue weighted by atomic mass is 9.47. The molecule has 0 aromatic heterocycles. The van der Waals surface area contributed by atoms with E-state index in [1.165, 1.54) is 0 Å². The number of hydrogen-bond donors (Lipinski definition) is 3. The van der Waals surface area contributed by atoms with Crippen LogP contribution in [-0.4, -0.2) is 41.8 Å². The van der Waals surface area contributed by atoms with Crippen LogP contribution in [0, 0.1) is 17.3 Å². The van der Waals surface area contributed by atoms with Gasteiger partial charge in [-0.2, -0.15) is 0 Å². The molecule has 3 amide bonds. The number of carbonyl (C=O) groups excluding carboxylic acids is 3. The van der Waals surface area contributed by atoms with Gasteiger partial charge in [-0.1, -0.05) is 0 Å². The highest BCUT2D eigenvalue weighted by Crippen LogP contribution is 2.62. The first-order chi connectivity index (χ1) is 11.3. The Morgan fingerprint density at radius 3 is 2.42 bits per heavy atom. The standard InChI is InChI=1S/C17H26N2O5/c1-2-18-15(22)19-13(20)9-24-14(21)8-16-4-11-3-12(5-16)7-17(23,6-11)10-16/h11-12,23H,2-10H2,1H3,(H2,18,19,20,22)/t11-,12-,16?,17?/m0/s1. The smallest absolute Gasteiger partial charge is 0.321 e. The van der Waals surface area contributed by atoms with Crippen molar-refractivity contribution in [3.63, 3.8) is 0 Å². The Hall–Kier alpha value is -1.63. The van der Waals surface area contributed by atoms with Crippen molar-refractivity contribution in [3.05, 3.63) is 0 Å². The molecule has 24 heavy (non-hydrogen) atoms. The molecule has 4 aliphatic rings. The minimum atomic E-state index is -0.640. The second kappa shape index (κ2) is 6.35. The zero-order valence-electron chi connectivity index (χ0n) is 14.1. The molecule has 0 heterocycles. The Labute approximate surface area is 141 Å². The van der Waals surface area contributed by atoms with Gasteiger partial charge < -0.3 is 15.2 Å². The van der Waals surface area contributed by atoms with Crippen LogP contribution in [0.25, 0.3) is 0 Å². The van der Waals surface area contributed by atoms with E-state index < -0.39 is 30.1 Å². The van der Waals surface area contributed by atoms with Gasteiger partial charge in [0.15, 0.2) is 6.61 Å². The average Bonchev–Trinajstić information content (AvgIpc) is 2.42. The van der Waals surface area contributed by atoms with E-state index in [1.807, 2.05) is 0 Å². The Balaban J connectivity index is 1.49. The van der Waals surface area contributed by atoms with Crippen molar-refractivity contribution in [1.82, 2.24) is 10.6 Å². The third-order valence-corrected chi connectivity index (χ3v) is 5.63. The molecule has 0 spiro atoms. The van der Waals surface area contributed by atoms with Gasteiger partial charge >= 0.3 is 12.0 Å². The minimum absolute atomic E-state index is 0.175. The average molecular weight is 338 g/mol. The Morgan fingerprint density at radius 2 is 1.83 bits per heavy atom. The minimum Gasteiger partial charge on any atom is -0.456 e. The first-order valence-corrected chi connectivity index (χ1v) is 8.77. The van der Waals surface area contributed by atoms with Crippen molar-refractivity contribution in [2.75, 3.05) is 13.2 Å². The highest BCUT2D eigenvalue weighted by atomic mass is 16.5. The second-order valence-corrected chi connectivity index (χ2v) is 7.93. The Kier molecular flexibility index (Phi) is 4.55. The van der Waals surface area contributed by atoms with Gasteiger partial charge in [0.05, 0.1) is 12.0 Å². The number of imide groups is 1. The third kappa shape index (κ3) is 3.71. The van der Waals surface area contributed by atoms with Gasteiger partial charge in [-0.3, -0.25) is 14.9 Å². The Morgan fingerprint density at radius 1 is 1.17 bits per heavy atom. The van der Waals surface area contributed by atoms with Gasteiger partial charge in [-0.05, 0) is 62.7 Å². The summed E-state index contributed by atoms with van der Waals surface area (Å²) in [7, 11) is 0. The third-order valence-electron chi connectivity index (χ3n) is 5.63. The maximum absolute atomic E-state index is 12.2. The number of urea groups is 1. The molecule has 4 bridgehead atoms. The summed E-state index contributed by atoms with van der Waals surface area (Å²) < 4.78 is 5.04. The fourth-order valence-corrected chi connectivity index (χ4v) is 5.48. The zero-order chi connectivity index (χ0) is 17.4. The van der Waals surface area contributed by atoms with Crippen molar-refractivity contribution in [3.8, 4) is 0 Å². The predicted molar refractivity (Wildman–Crippen MR) is 84.9 cm³/mol. The van der Waals surface area contributed by atoms with Crippen molar-refractivity contribution >= 4 is 17.9 Å². The van der Waals surface area contributed by atoms with Crippen molar-refractivity contribution in [2.45, 2.75) is 57.5 Å². The molecule has 4 aliphatic carbocycles.